The normalized spacial score (nSPS) is 14.8. The molecule has 3 heteroatoms. The fourth-order valence-electron chi connectivity index (χ4n) is 1.52. The van der Waals surface area contributed by atoms with Gasteiger partial charge in [-0.05, 0) is 31.0 Å². The second kappa shape index (κ2) is 6.12. The third-order valence-corrected chi connectivity index (χ3v) is 3.39. The topological polar surface area (TPSA) is 32.3 Å². The third kappa shape index (κ3) is 3.69. The molecule has 1 aromatic carbocycles. The van der Waals surface area contributed by atoms with Crippen molar-refractivity contribution in [1.82, 2.24) is 5.32 Å². The van der Waals surface area contributed by atoms with Gasteiger partial charge in [-0.2, -0.15) is 0 Å². The Labute approximate surface area is 103 Å². The number of benzene rings is 1. The van der Waals surface area contributed by atoms with Crippen molar-refractivity contribution in [1.29, 1.82) is 0 Å². The summed E-state index contributed by atoms with van der Waals surface area (Å²) in [5, 5.41) is 13.7. The van der Waals surface area contributed by atoms with Gasteiger partial charge < -0.3 is 10.4 Å². The molecule has 2 unspecified atom stereocenters. The van der Waals surface area contributed by atoms with Crippen molar-refractivity contribution in [2.45, 2.75) is 39.8 Å². The van der Waals surface area contributed by atoms with Crippen LogP contribution in [-0.2, 0) is 6.54 Å². The molecule has 0 fully saturated rings. The zero-order chi connectivity index (χ0) is 12.1. The maximum Gasteiger partial charge on any atom is 0.120 e. The van der Waals surface area contributed by atoms with Gasteiger partial charge in [0.25, 0.3) is 0 Å². The van der Waals surface area contributed by atoms with Gasteiger partial charge in [-0.15, -0.1) is 0 Å². The molecule has 0 aliphatic heterocycles. The minimum Gasteiger partial charge on any atom is -0.508 e. The number of aromatic hydroxyl groups is 1. The van der Waals surface area contributed by atoms with Gasteiger partial charge in [0.1, 0.15) is 5.75 Å². The summed E-state index contributed by atoms with van der Waals surface area (Å²) in [6.07, 6.45) is 1.15. The molecular formula is C13H20ClNO. The fourth-order valence-corrected chi connectivity index (χ4v) is 1.72. The number of hydrogen-bond acceptors (Lipinski definition) is 2. The van der Waals surface area contributed by atoms with Crippen LogP contribution >= 0.6 is 11.6 Å². The number of hydrogen-bond donors (Lipinski definition) is 2. The first-order valence-corrected chi connectivity index (χ1v) is 6.13. The van der Waals surface area contributed by atoms with Gasteiger partial charge in [0.05, 0.1) is 0 Å². The van der Waals surface area contributed by atoms with E-state index < -0.39 is 0 Å². The van der Waals surface area contributed by atoms with E-state index in [1.165, 1.54) is 0 Å². The van der Waals surface area contributed by atoms with Gasteiger partial charge in [0.15, 0.2) is 0 Å². The molecule has 0 aliphatic carbocycles. The van der Waals surface area contributed by atoms with Crippen LogP contribution < -0.4 is 5.32 Å². The van der Waals surface area contributed by atoms with Crippen LogP contribution in [0.25, 0.3) is 0 Å². The highest BCUT2D eigenvalue weighted by molar-refractivity contribution is 6.30. The average molecular weight is 242 g/mol. The smallest absolute Gasteiger partial charge is 0.120 e. The van der Waals surface area contributed by atoms with Crippen LogP contribution in [0.3, 0.4) is 0 Å². The number of phenolic OH excluding ortho intramolecular Hbond substituents is 1. The Kier molecular flexibility index (Phi) is 5.10. The van der Waals surface area contributed by atoms with Crippen molar-refractivity contribution in [3.8, 4) is 5.75 Å². The number of phenols is 1. The van der Waals surface area contributed by atoms with Gasteiger partial charge >= 0.3 is 0 Å². The Morgan fingerprint density at radius 3 is 2.69 bits per heavy atom. The first kappa shape index (κ1) is 13.3. The zero-order valence-electron chi connectivity index (χ0n) is 10.1. The minimum absolute atomic E-state index is 0.299. The molecule has 0 aromatic heterocycles. The average Bonchev–Trinajstić information content (AvgIpc) is 2.28. The second-order valence-corrected chi connectivity index (χ2v) is 4.76. The summed E-state index contributed by atoms with van der Waals surface area (Å²) in [4.78, 5) is 0. The number of nitrogens with one attached hydrogen (secondary N) is 1. The van der Waals surface area contributed by atoms with E-state index in [9.17, 15) is 5.11 Å². The summed E-state index contributed by atoms with van der Waals surface area (Å²) in [7, 11) is 0. The molecule has 90 valence electrons. The van der Waals surface area contributed by atoms with Crippen LogP contribution in [0, 0.1) is 5.92 Å². The lowest BCUT2D eigenvalue weighted by atomic mass is 10.0. The molecule has 2 N–H and O–H groups in total. The van der Waals surface area contributed by atoms with Crippen molar-refractivity contribution in [2.24, 2.45) is 5.92 Å². The molecule has 0 radical (unpaired) electrons. The molecule has 0 aliphatic rings. The Morgan fingerprint density at radius 1 is 1.38 bits per heavy atom. The van der Waals surface area contributed by atoms with E-state index in [4.69, 9.17) is 11.6 Å². The maximum absolute atomic E-state index is 9.65. The standard InChI is InChI=1S/C13H20ClNO/c1-4-9(2)10(3)15-8-11-7-12(14)5-6-13(11)16/h5-7,9-10,15-16H,4,8H2,1-3H3. The third-order valence-electron chi connectivity index (χ3n) is 3.15. The summed E-state index contributed by atoms with van der Waals surface area (Å²) in [6, 6.07) is 5.56. The van der Waals surface area contributed by atoms with E-state index in [-0.39, 0.29) is 0 Å². The van der Waals surface area contributed by atoms with Crippen molar-refractivity contribution in [2.75, 3.05) is 0 Å². The highest BCUT2D eigenvalue weighted by Gasteiger charge is 2.10. The first-order valence-electron chi connectivity index (χ1n) is 5.75. The minimum atomic E-state index is 0.299. The Morgan fingerprint density at radius 2 is 2.06 bits per heavy atom. The van der Waals surface area contributed by atoms with Crippen LogP contribution in [0.1, 0.15) is 32.8 Å². The van der Waals surface area contributed by atoms with Crippen LogP contribution in [0.4, 0.5) is 0 Å². The molecule has 16 heavy (non-hydrogen) atoms. The van der Waals surface area contributed by atoms with Crippen LogP contribution in [0.5, 0.6) is 5.75 Å². The fraction of sp³-hybridized carbons (Fsp3) is 0.538. The van der Waals surface area contributed by atoms with Crippen molar-refractivity contribution >= 4 is 11.6 Å². The summed E-state index contributed by atoms with van der Waals surface area (Å²) < 4.78 is 0. The van der Waals surface area contributed by atoms with Gasteiger partial charge in [0, 0.05) is 23.2 Å². The molecular weight excluding hydrogens is 222 g/mol. The maximum atomic E-state index is 9.65. The Bertz CT molecular complexity index is 341. The van der Waals surface area contributed by atoms with Crippen LogP contribution in [-0.4, -0.2) is 11.1 Å². The zero-order valence-corrected chi connectivity index (χ0v) is 10.9. The van der Waals surface area contributed by atoms with Gasteiger partial charge in [0.2, 0.25) is 0 Å². The largest absolute Gasteiger partial charge is 0.508 e. The summed E-state index contributed by atoms with van der Waals surface area (Å²) >= 11 is 5.88. The summed E-state index contributed by atoms with van der Waals surface area (Å²) in [5.74, 6) is 0.926. The van der Waals surface area contributed by atoms with Crippen molar-refractivity contribution < 1.29 is 5.11 Å². The molecule has 2 atom stereocenters. The second-order valence-electron chi connectivity index (χ2n) is 4.33. The molecule has 1 rings (SSSR count). The van der Waals surface area contributed by atoms with E-state index in [0.717, 1.165) is 12.0 Å². The molecule has 0 bridgehead atoms. The summed E-state index contributed by atoms with van der Waals surface area (Å²) in [6.45, 7) is 7.21. The quantitative estimate of drug-likeness (QED) is 0.826. The summed E-state index contributed by atoms with van der Waals surface area (Å²) in [5.41, 5.74) is 0.850. The molecule has 2 nitrogen and oxygen atoms in total. The molecule has 0 saturated heterocycles. The lowest BCUT2D eigenvalue weighted by Crippen LogP contribution is -2.31. The van der Waals surface area contributed by atoms with E-state index >= 15 is 0 Å². The van der Waals surface area contributed by atoms with Gasteiger partial charge in [-0.25, -0.2) is 0 Å². The lowest BCUT2D eigenvalue weighted by Gasteiger charge is -2.20. The number of rotatable bonds is 5. The number of halogens is 1. The first-order chi connectivity index (χ1) is 7.54. The predicted molar refractivity (Wildman–Crippen MR) is 68.9 cm³/mol. The van der Waals surface area contributed by atoms with Crippen molar-refractivity contribution in [3.63, 3.8) is 0 Å². The molecule has 0 spiro atoms. The van der Waals surface area contributed by atoms with Crippen LogP contribution in [0.15, 0.2) is 18.2 Å². The van der Waals surface area contributed by atoms with Crippen LogP contribution in [0.2, 0.25) is 5.02 Å². The van der Waals surface area contributed by atoms with Crippen molar-refractivity contribution in [3.05, 3.63) is 28.8 Å². The molecule has 1 aromatic rings. The monoisotopic (exact) mass is 241 g/mol. The van der Waals surface area contributed by atoms with E-state index in [0.29, 0.717) is 29.3 Å². The van der Waals surface area contributed by atoms with Gasteiger partial charge in [-0.1, -0.05) is 31.9 Å². The Balaban J connectivity index is 2.57. The van der Waals surface area contributed by atoms with E-state index in [2.05, 4.69) is 26.1 Å². The highest BCUT2D eigenvalue weighted by Crippen LogP contribution is 2.21. The highest BCUT2D eigenvalue weighted by atomic mass is 35.5. The SMILES string of the molecule is CCC(C)C(C)NCc1cc(Cl)ccc1O. The molecule has 0 saturated carbocycles. The molecule has 0 heterocycles. The lowest BCUT2D eigenvalue weighted by molar-refractivity contribution is 0.384. The van der Waals surface area contributed by atoms with Gasteiger partial charge in [-0.3, -0.25) is 0 Å². The van der Waals surface area contributed by atoms with E-state index in [1.807, 2.05) is 0 Å². The Hall–Kier alpha value is -0.730. The van der Waals surface area contributed by atoms with E-state index in [1.54, 1.807) is 18.2 Å². The molecule has 0 amide bonds. The predicted octanol–water partition coefficient (Wildman–Crippen LogP) is 3.57.